The molecule has 428 valence electrons. The minimum atomic E-state index is -0.786. The van der Waals surface area contributed by atoms with Gasteiger partial charge in [0, 0.05) is 12.8 Å². The van der Waals surface area contributed by atoms with Gasteiger partial charge in [0.2, 0.25) is 0 Å². The van der Waals surface area contributed by atoms with Gasteiger partial charge in [0.25, 0.3) is 0 Å². The summed E-state index contributed by atoms with van der Waals surface area (Å²) in [6, 6.07) is 0. The molecule has 0 aliphatic heterocycles. The quantitative estimate of drug-likeness (QED) is 0.0373. The Kier molecular flexibility index (Phi) is 61.8. The molecule has 0 amide bonds. The van der Waals surface area contributed by atoms with Crippen molar-refractivity contribution in [1.82, 2.24) is 0 Å². The van der Waals surface area contributed by atoms with Crippen molar-refractivity contribution in [3.05, 3.63) is 85.1 Å². The fraction of sp³-hybridized carbons (Fsp3) is 0.768. The summed E-state index contributed by atoms with van der Waals surface area (Å²) in [6.07, 6.45) is 90.3. The Morgan fingerprint density at radius 2 is 0.581 bits per heavy atom. The fourth-order valence-corrected chi connectivity index (χ4v) is 9.38. The molecule has 1 atom stereocenters. The number of unbranched alkanes of at least 4 members (excludes halogenated alkanes) is 37. The van der Waals surface area contributed by atoms with E-state index in [1.807, 2.05) is 0 Å². The molecule has 0 aromatic rings. The zero-order valence-corrected chi connectivity index (χ0v) is 49.1. The lowest BCUT2D eigenvalue weighted by atomic mass is 10.0. The molecule has 0 aliphatic rings. The van der Waals surface area contributed by atoms with Crippen LogP contribution in [-0.4, -0.2) is 36.4 Å². The molecule has 0 saturated heterocycles. The Balaban J connectivity index is 3.42. The molecule has 0 fully saturated rings. The summed E-state index contributed by atoms with van der Waals surface area (Å²) in [7, 11) is 0. The van der Waals surface area contributed by atoms with Gasteiger partial charge in [0.15, 0.2) is 6.10 Å². The van der Waals surface area contributed by atoms with Crippen LogP contribution in [0, 0.1) is 0 Å². The number of allylic oxidation sites excluding steroid dienone is 14. The molecule has 0 spiro atoms. The smallest absolute Gasteiger partial charge is 0.306 e. The summed E-state index contributed by atoms with van der Waals surface area (Å²) >= 11 is 0. The largest absolute Gasteiger partial charge is 0.462 e. The molecule has 0 saturated carbocycles. The number of hydrogen-bond acceptors (Lipinski definition) is 5. The molecule has 5 heteroatoms. The first kappa shape index (κ1) is 71.1. The van der Waals surface area contributed by atoms with Crippen LogP contribution in [0.1, 0.15) is 322 Å². The molecule has 0 aliphatic carbocycles. The van der Waals surface area contributed by atoms with Crippen LogP contribution in [0.2, 0.25) is 0 Å². The van der Waals surface area contributed by atoms with Gasteiger partial charge in [-0.2, -0.15) is 0 Å². The van der Waals surface area contributed by atoms with E-state index in [1.165, 1.54) is 199 Å². The summed E-state index contributed by atoms with van der Waals surface area (Å²) in [5.74, 6) is -0.604. The van der Waals surface area contributed by atoms with Gasteiger partial charge in [-0.15, -0.1) is 0 Å². The molecule has 0 radical (unpaired) electrons. The van der Waals surface area contributed by atoms with Gasteiger partial charge in [-0.25, -0.2) is 0 Å². The molecule has 0 aromatic heterocycles. The summed E-state index contributed by atoms with van der Waals surface area (Å²) in [5.41, 5.74) is 0. The number of esters is 2. The number of carbonyl (C=O) groups is 2. The van der Waals surface area contributed by atoms with Gasteiger partial charge in [0.1, 0.15) is 6.61 Å². The van der Waals surface area contributed by atoms with Crippen molar-refractivity contribution in [3.63, 3.8) is 0 Å². The van der Waals surface area contributed by atoms with E-state index in [4.69, 9.17) is 9.47 Å². The van der Waals surface area contributed by atoms with Crippen molar-refractivity contribution in [2.24, 2.45) is 0 Å². The molecular formula is C69H122O5. The van der Waals surface area contributed by atoms with Crippen molar-refractivity contribution >= 4 is 11.9 Å². The first-order valence-electron chi connectivity index (χ1n) is 32.1. The van der Waals surface area contributed by atoms with Crippen molar-refractivity contribution < 1.29 is 24.2 Å². The zero-order chi connectivity index (χ0) is 53.4. The van der Waals surface area contributed by atoms with E-state index in [0.29, 0.717) is 12.8 Å². The van der Waals surface area contributed by atoms with E-state index in [1.54, 1.807) is 0 Å². The third-order valence-corrected chi connectivity index (χ3v) is 14.2. The molecule has 1 N–H and O–H groups in total. The lowest BCUT2D eigenvalue weighted by molar-refractivity contribution is -0.161. The summed E-state index contributed by atoms with van der Waals surface area (Å²) in [5, 5.41) is 9.66. The van der Waals surface area contributed by atoms with E-state index in [2.05, 4.69) is 98.9 Å². The van der Waals surface area contributed by atoms with E-state index in [9.17, 15) is 14.7 Å². The van der Waals surface area contributed by atoms with Crippen molar-refractivity contribution in [2.75, 3.05) is 13.2 Å². The van der Waals surface area contributed by atoms with Crippen LogP contribution in [0.25, 0.3) is 0 Å². The molecule has 5 nitrogen and oxygen atoms in total. The first-order chi connectivity index (χ1) is 36.6. The maximum absolute atomic E-state index is 12.3. The summed E-state index contributed by atoms with van der Waals surface area (Å²) in [4.78, 5) is 24.6. The Morgan fingerprint density at radius 1 is 0.324 bits per heavy atom. The molecule has 1 unspecified atom stereocenters. The van der Waals surface area contributed by atoms with Gasteiger partial charge >= 0.3 is 11.9 Å². The fourth-order valence-electron chi connectivity index (χ4n) is 9.38. The second kappa shape index (κ2) is 64.4. The molecule has 0 heterocycles. The minimum absolute atomic E-state index is 0.0744. The molecule has 74 heavy (non-hydrogen) atoms. The standard InChI is InChI=1S/C69H122O5/c1-3-5-7-9-11-13-15-17-19-21-23-25-26-27-28-29-30-31-32-33-34-35-36-37-38-39-40-41-42-44-45-47-49-51-53-55-57-59-61-63-68(71)73-66-67(65-70)74-69(72)64-62-60-58-56-54-52-50-48-46-43-24-22-20-18-16-14-12-10-8-6-4-2/h6,8,12,14-15,17-18,20-21,23-24,43,48,50,67,70H,3-5,7,9-11,13,16,19,22,25-42,44-47,49,51-66H2,1-2H3/b8-6-,14-12-,17-15-,20-18-,23-21-,43-24-,50-48-. The van der Waals surface area contributed by atoms with Crippen molar-refractivity contribution in [1.29, 1.82) is 0 Å². The number of hydrogen-bond donors (Lipinski definition) is 1. The second-order valence-corrected chi connectivity index (χ2v) is 21.5. The van der Waals surface area contributed by atoms with Gasteiger partial charge in [-0.3, -0.25) is 9.59 Å². The highest BCUT2D eigenvalue weighted by Gasteiger charge is 2.16. The normalized spacial score (nSPS) is 12.7. The number of carbonyl (C=O) groups excluding carboxylic acids is 2. The van der Waals surface area contributed by atoms with E-state index in [-0.39, 0.29) is 25.2 Å². The first-order valence-corrected chi connectivity index (χ1v) is 32.1. The number of rotatable bonds is 59. The molecule has 0 bridgehead atoms. The SMILES string of the molecule is CC/C=C\C/C=C\C/C=C\C/C=C\C/C=C\CCCCCCCC(=O)OC(CO)COC(=O)CCCCCCCCCCCCCCCCCCCCCCCCCCCCC/C=C\C/C=C\CCCCCCC. The average Bonchev–Trinajstić information content (AvgIpc) is 3.40. The van der Waals surface area contributed by atoms with Crippen LogP contribution in [0.5, 0.6) is 0 Å². The van der Waals surface area contributed by atoms with Crippen molar-refractivity contribution in [2.45, 2.75) is 328 Å². The van der Waals surface area contributed by atoms with Gasteiger partial charge in [0.05, 0.1) is 6.61 Å². The predicted molar refractivity (Wildman–Crippen MR) is 325 cm³/mol. The number of aliphatic hydroxyl groups is 1. The minimum Gasteiger partial charge on any atom is -0.462 e. The maximum atomic E-state index is 12.3. The topological polar surface area (TPSA) is 72.8 Å². The van der Waals surface area contributed by atoms with Crippen LogP contribution in [0.15, 0.2) is 85.1 Å². The van der Waals surface area contributed by atoms with Crippen LogP contribution in [0.4, 0.5) is 0 Å². The number of aliphatic hydroxyl groups excluding tert-OH is 1. The average molecular weight is 1030 g/mol. The van der Waals surface area contributed by atoms with Gasteiger partial charge < -0.3 is 14.6 Å². The highest BCUT2D eigenvalue weighted by atomic mass is 16.6. The Hall–Kier alpha value is -2.92. The maximum Gasteiger partial charge on any atom is 0.306 e. The Labute approximate surface area is 460 Å². The van der Waals surface area contributed by atoms with Crippen LogP contribution >= 0.6 is 0 Å². The summed E-state index contributed by atoms with van der Waals surface area (Å²) < 4.78 is 10.7. The molecule has 0 aromatic carbocycles. The van der Waals surface area contributed by atoms with E-state index >= 15 is 0 Å². The lowest BCUT2D eigenvalue weighted by Crippen LogP contribution is -2.28. The van der Waals surface area contributed by atoms with E-state index < -0.39 is 6.10 Å². The zero-order valence-electron chi connectivity index (χ0n) is 49.1. The van der Waals surface area contributed by atoms with Crippen LogP contribution in [0.3, 0.4) is 0 Å². The summed E-state index contributed by atoms with van der Waals surface area (Å²) in [6.45, 7) is 4.03. The number of ether oxygens (including phenoxy) is 2. The predicted octanol–water partition coefficient (Wildman–Crippen LogP) is 22.1. The highest BCUT2D eigenvalue weighted by Crippen LogP contribution is 2.17. The van der Waals surface area contributed by atoms with E-state index in [0.717, 1.165) is 96.3 Å². The van der Waals surface area contributed by atoms with Crippen molar-refractivity contribution in [3.8, 4) is 0 Å². The second-order valence-electron chi connectivity index (χ2n) is 21.5. The van der Waals surface area contributed by atoms with Gasteiger partial charge in [-0.05, 0) is 89.9 Å². The van der Waals surface area contributed by atoms with Crippen LogP contribution in [-0.2, 0) is 19.1 Å². The Morgan fingerprint density at radius 3 is 0.878 bits per heavy atom. The lowest BCUT2D eigenvalue weighted by Gasteiger charge is -2.15. The third-order valence-electron chi connectivity index (χ3n) is 14.2. The highest BCUT2D eigenvalue weighted by molar-refractivity contribution is 5.70. The van der Waals surface area contributed by atoms with Gasteiger partial charge in [-0.1, -0.05) is 304 Å². The van der Waals surface area contributed by atoms with Crippen LogP contribution < -0.4 is 0 Å². The monoisotopic (exact) mass is 1030 g/mol. The third kappa shape index (κ3) is 61.6. The molecule has 0 rings (SSSR count). The molecular weight excluding hydrogens is 909 g/mol. The Bertz CT molecular complexity index is 1350.